The molecule has 3 amide bonds. The number of carbonyl (C=O) groups is 3. The van der Waals surface area contributed by atoms with Crippen molar-refractivity contribution in [1.82, 2.24) is 59.2 Å². The van der Waals surface area contributed by atoms with Gasteiger partial charge in [0.15, 0.2) is 21.7 Å². The SMILES string of the molecule is CC(C)(C)CC(CNc1cccc(S(=O)(=O)NC(=O)c2ccc(-n3ccc(OCCC4C5(CC5)C45CC5)n3)nc2Cl)n1)C[C@@H]1CN(C(=O)OC(C)(C)C)C(C)(C)C1.CC(C)(C)CC(CNc1cccc(S(=O)(=O)NC(=O)c2ccc(-n3ccc(OCCC4C5(CC5)C45CC5)n3)nc2Cl)n1)C[C@@H]1CNC(C)(C)C1. The van der Waals surface area contributed by atoms with Crippen molar-refractivity contribution in [2.45, 2.75) is 219 Å². The first kappa shape index (κ1) is 78.0. The molecule has 8 fully saturated rings. The fourth-order valence-corrected chi connectivity index (χ4v) is 21.2. The minimum atomic E-state index is -4.37. The van der Waals surface area contributed by atoms with E-state index in [1.165, 1.54) is 85.0 Å². The number of halogens is 2. The van der Waals surface area contributed by atoms with Gasteiger partial charge in [-0.25, -0.2) is 43.5 Å². The average Bonchev–Trinajstić information content (AvgIpc) is 1.45. The van der Waals surface area contributed by atoms with Crippen LogP contribution in [0.3, 0.4) is 0 Å². The lowest BCUT2D eigenvalue weighted by Gasteiger charge is -2.33. The molecular formula is C79H108Cl2N14O10S2. The molecule has 6 aromatic heterocycles. The molecule has 6 saturated carbocycles. The topological polar surface area (TPSA) is 298 Å². The van der Waals surface area contributed by atoms with Crippen molar-refractivity contribution in [3.8, 4) is 23.4 Å². The zero-order chi connectivity index (χ0) is 76.7. The van der Waals surface area contributed by atoms with Gasteiger partial charge >= 0.3 is 6.09 Å². The molecule has 4 spiro atoms. The third-order valence-electron chi connectivity index (χ3n) is 23.7. The summed E-state index contributed by atoms with van der Waals surface area (Å²) in [4.78, 5) is 58.6. The van der Waals surface area contributed by atoms with Crippen LogP contribution < -0.4 is 34.9 Å². The van der Waals surface area contributed by atoms with Crippen molar-refractivity contribution in [1.29, 1.82) is 0 Å². The maximum atomic E-state index is 13.4. The van der Waals surface area contributed by atoms with E-state index in [4.69, 9.17) is 37.4 Å². The van der Waals surface area contributed by atoms with Crippen LogP contribution in [-0.4, -0.2) is 135 Å². The van der Waals surface area contributed by atoms with Gasteiger partial charge in [-0.2, -0.15) is 16.8 Å². The highest BCUT2D eigenvalue weighted by Crippen LogP contribution is 2.94. The zero-order valence-corrected chi connectivity index (χ0v) is 67.4. The molecule has 14 rings (SSSR count). The van der Waals surface area contributed by atoms with E-state index in [-0.39, 0.29) is 71.3 Å². The summed E-state index contributed by atoms with van der Waals surface area (Å²) in [6, 6.07) is 18.8. The lowest BCUT2D eigenvalue weighted by Crippen LogP contribution is -2.45. The Morgan fingerprint density at radius 3 is 1.36 bits per heavy atom. The number of sulfonamides is 2. The molecule has 5 N–H and O–H groups in total. The summed E-state index contributed by atoms with van der Waals surface area (Å²) in [5, 5.41) is 18.3. The molecule has 0 aromatic carbocycles. The fourth-order valence-electron chi connectivity index (χ4n) is 18.8. The standard InChI is InChI=1S/C42H58ClN7O6S.C37H50ClN7O4S/c1-38(2,3)23-27(22-28-24-40(7,8)49(26-28)37(52)56-39(4,5)6)25-44-31-10-9-11-34(45-31)57(53,54)48-36(51)29-12-13-32(46-35(29)43)50-20-14-33(47-50)55-21-15-30-41(16-17-41)42(30)18-19-42;1-34(2,3)20-24(19-25-21-35(4,5)40-23-25)22-39-28-7-6-8-31(41-28)50(47,48)44-33(46)26-9-10-29(42-32(26)38)45-17-11-30(43-45)49-18-12-27-36(13-14-36)37(27)15-16-37/h9-14,20,27-28,30H,15-19,21-26H2,1-8H3,(H,44,45)(H,48,51);6-11,17,24-25,27,40H,12-16,18-23H2,1-5H3,(H,39,41)(H,44,46)/t27?,28-;24?,25-/m00/s1. The Labute approximate surface area is 641 Å². The highest BCUT2D eigenvalue weighted by atomic mass is 35.5. The van der Waals surface area contributed by atoms with Gasteiger partial charge in [-0.05, 0) is 274 Å². The van der Waals surface area contributed by atoms with E-state index in [0.717, 1.165) is 69.7 Å². The van der Waals surface area contributed by atoms with Crippen LogP contribution >= 0.6 is 23.2 Å². The van der Waals surface area contributed by atoms with Gasteiger partial charge in [0.2, 0.25) is 11.8 Å². The highest BCUT2D eigenvalue weighted by Gasteiger charge is 2.86. The molecule has 28 heteroatoms. The Balaban J connectivity index is 0.000000191. The molecule has 107 heavy (non-hydrogen) atoms. The van der Waals surface area contributed by atoms with Crippen molar-refractivity contribution in [2.75, 3.05) is 50.0 Å². The van der Waals surface area contributed by atoms with Gasteiger partial charge in [0.1, 0.15) is 27.5 Å². The molecule has 8 heterocycles. The number of hydrogen-bond acceptors (Lipinski definition) is 19. The second kappa shape index (κ2) is 28.9. The Kier molecular flexibility index (Phi) is 21.1. The third kappa shape index (κ3) is 17.9. The normalized spacial score (nSPS) is 21.5. The quantitative estimate of drug-likeness (QED) is 0.0285. The number of nitrogens with one attached hydrogen (secondary N) is 5. The number of pyridine rings is 4. The Bertz CT molecular complexity index is 4510. The molecule has 2 unspecified atom stereocenters. The molecule has 8 aliphatic rings. The molecule has 0 bridgehead atoms. The lowest BCUT2D eigenvalue weighted by atomic mass is 9.79. The first-order chi connectivity index (χ1) is 50.2. The second-order valence-corrected chi connectivity index (χ2v) is 40.6. The van der Waals surface area contributed by atoms with E-state index < -0.39 is 37.5 Å². The van der Waals surface area contributed by atoms with Gasteiger partial charge < -0.3 is 35.1 Å². The van der Waals surface area contributed by atoms with E-state index in [2.05, 4.69) is 125 Å². The van der Waals surface area contributed by atoms with Crippen LogP contribution in [-0.2, 0) is 24.8 Å². The van der Waals surface area contributed by atoms with Crippen LogP contribution in [0.25, 0.3) is 11.6 Å². The predicted octanol–water partition coefficient (Wildman–Crippen LogP) is 14.9. The van der Waals surface area contributed by atoms with Crippen molar-refractivity contribution < 1.29 is 45.4 Å². The van der Waals surface area contributed by atoms with Crippen molar-refractivity contribution >= 4 is 72.8 Å². The Morgan fingerprint density at radius 1 is 0.570 bits per heavy atom. The zero-order valence-electron chi connectivity index (χ0n) is 64.3. The number of aromatic nitrogens is 8. The molecule has 2 saturated heterocycles. The summed E-state index contributed by atoms with van der Waals surface area (Å²) < 4.78 is 78.2. The molecule has 6 aromatic rings. The molecule has 4 atom stereocenters. The fraction of sp³-hybridized carbons (Fsp3) is 0.633. The van der Waals surface area contributed by atoms with E-state index in [0.29, 0.717) is 101 Å². The number of carbonyl (C=O) groups excluding carboxylic acids is 3. The first-order valence-corrected chi connectivity index (χ1v) is 41.9. The van der Waals surface area contributed by atoms with E-state index in [1.807, 2.05) is 25.7 Å². The summed E-state index contributed by atoms with van der Waals surface area (Å²) in [7, 11) is -8.67. The maximum absolute atomic E-state index is 13.4. The van der Waals surface area contributed by atoms with Crippen LogP contribution in [0.2, 0.25) is 10.3 Å². The van der Waals surface area contributed by atoms with Gasteiger partial charge in [-0.15, -0.1) is 10.2 Å². The molecule has 2 aliphatic heterocycles. The Morgan fingerprint density at radius 2 is 0.991 bits per heavy atom. The molecule has 24 nitrogen and oxygen atoms in total. The van der Waals surface area contributed by atoms with Gasteiger partial charge in [-0.3, -0.25) is 9.59 Å². The predicted molar refractivity (Wildman–Crippen MR) is 411 cm³/mol. The largest absolute Gasteiger partial charge is 0.477 e. The lowest BCUT2D eigenvalue weighted by molar-refractivity contribution is 0.0129. The monoisotopic (exact) mass is 1550 g/mol. The number of fused-ring (bicyclic) bond motifs is 2. The second-order valence-electron chi connectivity index (χ2n) is 36.6. The van der Waals surface area contributed by atoms with Crippen molar-refractivity contribution in [2.24, 2.45) is 68.0 Å². The van der Waals surface area contributed by atoms with Crippen LogP contribution in [0.1, 0.15) is 213 Å². The third-order valence-corrected chi connectivity index (χ3v) is 26.7. The van der Waals surface area contributed by atoms with Gasteiger partial charge in [0, 0.05) is 55.2 Å². The van der Waals surface area contributed by atoms with Gasteiger partial charge in [0.05, 0.1) is 24.3 Å². The van der Waals surface area contributed by atoms with Crippen molar-refractivity contribution in [3.05, 3.63) is 107 Å². The number of nitrogens with zero attached hydrogens (tertiary/aromatic N) is 9. The van der Waals surface area contributed by atoms with E-state index in [9.17, 15) is 31.2 Å². The smallest absolute Gasteiger partial charge is 0.410 e. The molecule has 0 radical (unpaired) electrons. The number of anilines is 2. The number of ether oxygens (including phenoxy) is 3. The van der Waals surface area contributed by atoms with Crippen LogP contribution in [0.4, 0.5) is 16.4 Å². The Hall–Kier alpha value is -7.13. The van der Waals surface area contributed by atoms with E-state index >= 15 is 0 Å². The number of amides is 3. The first-order valence-electron chi connectivity index (χ1n) is 38.2. The van der Waals surface area contributed by atoms with E-state index in [1.54, 1.807) is 60.9 Å². The number of likely N-dealkylation sites (tertiary alicyclic amines) is 1. The highest BCUT2D eigenvalue weighted by molar-refractivity contribution is 7.90. The summed E-state index contributed by atoms with van der Waals surface area (Å²) in [6.45, 7) is 31.6. The molecule has 6 aliphatic carbocycles. The molecule has 580 valence electrons. The van der Waals surface area contributed by atoms with Gasteiger partial charge in [0.25, 0.3) is 31.9 Å². The summed E-state index contributed by atoms with van der Waals surface area (Å²) >= 11 is 12.8. The summed E-state index contributed by atoms with van der Waals surface area (Å²) in [5.41, 5.74) is 1.81. The maximum Gasteiger partial charge on any atom is 0.410 e. The van der Waals surface area contributed by atoms with Crippen LogP contribution in [0.5, 0.6) is 11.8 Å². The molecular weight excluding hydrogens is 1440 g/mol. The van der Waals surface area contributed by atoms with Gasteiger partial charge in [-0.1, -0.05) is 76.9 Å². The van der Waals surface area contributed by atoms with Crippen molar-refractivity contribution in [3.63, 3.8) is 0 Å². The minimum Gasteiger partial charge on any atom is -0.477 e. The minimum absolute atomic E-state index is 0.0343. The van der Waals surface area contributed by atoms with Crippen LogP contribution in [0, 0.1) is 68.0 Å². The number of hydrogen-bond donors (Lipinski definition) is 5. The summed E-state index contributed by atoms with van der Waals surface area (Å²) in [6.07, 6.45) is 22.1. The summed E-state index contributed by atoms with van der Waals surface area (Å²) in [5.74, 6) is 3.72. The average molecular weight is 1550 g/mol. The number of rotatable bonds is 28. The van der Waals surface area contributed by atoms with Crippen LogP contribution in [0.15, 0.2) is 95.2 Å².